The van der Waals surface area contributed by atoms with Crippen LogP contribution in [0.2, 0.25) is 5.02 Å². The molecule has 102 valence electrons. The van der Waals surface area contributed by atoms with Crippen LogP contribution in [0.25, 0.3) is 5.82 Å². The van der Waals surface area contributed by atoms with Crippen LogP contribution in [0.3, 0.4) is 0 Å². The molecule has 0 aliphatic heterocycles. The van der Waals surface area contributed by atoms with Gasteiger partial charge in [0.2, 0.25) is 0 Å². The number of rotatable bonds is 4. The molecule has 0 spiro atoms. The number of aryl methyl sites for hydroxylation is 2. The van der Waals surface area contributed by atoms with Gasteiger partial charge in [-0.15, -0.1) is 0 Å². The minimum absolute atomic E-state index is 0.705. The van der Waals surface area contributed by atoms with Crippen molar-refractivity contribution < 1.29 is 0 Å². The zero-order chi connectivity index (χ0) is 14.0. The molecule has 0 saturated carbocycles. The molecule has 0 aliphatic rings. The number of hydrogen-bond donors (Lipinski definition) is 1. The summed E-state index contributed by atoms with van der Waals surface area (Å²) < 4.78 is 1.81. The SMILES string of the molecule is CCNCc1cc(C)nc(-n2nc(C)c(Cl)c2C)c1. The third-order valence-corrected chi connectivity index (χ3v) is 3.55. The molecule has 4 nitrogen and oxygen atoms in total. The first-order valence-electron chi connectivity index (χ1n) is 6.43. The molecule has 2 aromatic heterocycles. The molecule has 5 heteroatoms. The lowest BCUT2D eigenvalue weighted by molar-refractivity contribution is 0.720. The van der Waals surface area contributed by atoms with Gasteiger partial charge in [0.05, 0.1) is 16.4 Å². The summed E-state index contributed by atoms with van der Waals surface area (Å²) in [5, 5.41) is 8.47. The lowest BCUT2D eigenvalue weighted by Gasteiger charge is -2.08. The van der Waals surface area contributed by atoms with Gasteiger partial charge in [0, 0.05) is 12.2 Å². The van der Waals surface area contributed by atoms with Crippen molar-refractivity contribution in [3.63, 3.8) is 0 Å². The summed E-state index contributed by atoms with van der Waals surface area (Å²) in [4.78, 5) is 4.54. The van der Waals surface area contributed by atoms with Crippen molar-refractivity contribution >= 4 is 11.6 Å². The van der Waals surface area contributed by atoms with Gasteiger partial charge in [0.25, 0.3) is 0 Å². The lowest BCUT2D eigenvalue weighted by atomic mass is 10.2. The number of nitrogens with zero attached hydrogens (tertiary/aromatic N) is 3. The molecular formula is C14H19ClN4. The standard InChI is InChI=1S/C14H19ClN4/c1-5-16-8-12-6-9(2)17-13(7-12)19-11(4)14(15)10(3)18-19/h6-7,16H,5,8H2,1-4H3. The van der Waals surface area contributed by atoms with E-state index in [4.69, 9.17) is 11.6 Å². The highest BCUT2D eigenvalue weighted by Gasteiger charge is 2.12. The second-order valence-corrected chi connectivity index (χ2v) is 5.03. The number of aromatic nitrogens is 3. The van der Waals surface area contributed by atoms with Crippen LogP contribution in [0.5, 0.6) is 0 Å². The molecule has 0 bridgehead atoms. The monoisotopic (exact) mass is 278 g/mol. The third kappa shape index (κ3) is 2.96. The van der Waals surface area contributed by atoms with E-state index in [0.717, 1.165) is 36.0 Å². The van der Waals surface area contributed by atoms with Crippen molar-refractivity contribution in [2.45, 2.75) is 34.2 Å². The summed E-state index contributed by atoms with van der Waals surface area (Å²) in [6.07, 6.45) is 0. The van der Waals surface area contributed by atoms with E-state index in [0.29, 0.717) is 5.02 Å². The predicted molar refractivity (Wildman–Crippen MR) is 78.0 cm³/mol. The van der Waals surface area contributed by atoms with E-state index in [2.05, 4.69) is 28.4 Å². The lowest BCUT2D eigenvalue weighted by Crippen LogP contribution is -2.13. The average Bonchev–Trinajstić information content (AvgIpc) is 2.63. The molecule has 0 fully saturated rings. The molecule has 0 atom stereocenters. The van der Waals surface area contributed by atoms with Gasteiger partial charge in [-0.2, -0.15) is 5.10 Å². The molecule has 0 unspecified atom stereocenters. The summed E-state index contributed by atoms with van der Waals surface area (Å²) in [7, 11) is 0. The molecule has 19 heavy (non-hydrogen) atoms. The maximum absolute atomic E-state index is 6.19. The van der Waals surface area contributed by atoms with Crippen LogP contribution in [0, 0.1) is 20.8 Å². The highest BCUT2D eigenvalue weighted by atomic mass is 35.5. The number of halogens is 1. The molecule has 0 aromatic carbocycles. The minimum Gasteiger partial charge on any atom is -0.313 e. The molecule has 2 rings (SSSR count). The third-order valence-electron chi connectivity index (χ3n) is 3.00. The fourth-order valence-electron chi connectivity index (χ4n) is 2.05. The Bertz CT molecular complexity index is 589. The summed E-state index contributed by atoms with van der Waals surface area (Å²) in [5.74, 6) is 0.820. The van der Waals surface area contributed by atoms with Crippen LogP contribution in [0.1, 0.15) is 29.6 Å². The van der Waals surface area contributed by atoms with Crippen LogP contribution in [0.4, 0.5) is 0 Å². The van der Waals surface area contributed by atoms with E-state index < -0.39 is 0 Å². The van der Waals surface area contributed by atoms with Crippen LogP contribution < -0.4 is 5.32 Å². The maximum atomic E-state index is 6.19. The second kappa shape index (κ2) is 5.72. The van der Waals surface area contributed by atoms with E-state index in [-0.39, 0.29) is 0 Å². The van der Waals surface area contributed by atoms with E-state index in [1.54, 1.807) is 4.68 Å². The molecule has 1 N–H and O–H groups in total. The Balaban J connectivity index is 2.43. The molecule has 0 radical (unpaired) electrons. The largest absolute Gasteiger partial charge is 0.313 e. The van der Waals surface area contributed by atoms with Gasteiger partial charge in [0.15, 0.2) is 5.82 Å². The summed E-state index contributed by atoms with van der Waals surface area (Å²) in [5.41, 5.74) is 3.93. The normalized spacial score (nSPS) is 11.0. The Kier molecular flexibility index (Phi) is 4.22. The molecular weight excluding hydrogens is 260 g/mol. The average molecular weight is 279 g/mol. The zero-order valence-corrected chi connectivity index (χ0v) is 12.5. The Morgan fingerprint density at radius 3 is 2.58 bits per heavy atom. The first-order valence-corrected chi connectivity index (χ1v) is 6.81. The Labute approximate surface area is 118 Å². The van der Waals surface area contributed by atoms with E-state index in [9.17, 15) is 0 Å². The van der Waals surface area contributed by atoms with Gasteiger partial charge >= 0.3 is 0 Å². The van der Waals surface area contributed by atoms with Crippen molar-refractivity contribution in [3.05, 3.63) is 39.8 Å². The molecule has 0 aliphatic carbocycles. The number of hydrogen-bond acceptors (Lipinski definition) is 3. The van der Waals surface area contributed by atoms with Gasteiger partial charge in [-0.3, -0.25) is 0 Å². The van der Waals surface area contributed by atoms with Gasteiger partial charge in [-0.05, 0) is 45.0 Å². The van der Waals surface area contributed by atoms with Crippen molar-refractivity contribution in [2.75, 3.05) is 6.54 Å². The van der Waals surface area contributed by atoms with Gasteiger partial charge in [-0.1, -0.05) is 18.5 Å². The van der Waals surface area contributed by atoms with E-state index in [1.165, 1.54) is 5.56 Å². The smallest absolute Gasteiger partial charge is 0.154 e. The quantitative estimate of drug-likeness (QED) is 0.935. The molecule has 0 saturated heterocycles. The molecule has 2 aromatic rings. The fourth-order valence-corrected chi connectivity index (χ4v) is 2.17. The minimum atomic E-state index is 0.705. The Morgan fingerprint density at radius 2 is 2.00 bits per heavy atom. The van der Waals surface area contributed by atoms with Crippen LogP contribution in [-0.2, 0) is 6.54 Å². The van der Waals surface area contributed by atoms with Crippen molar-refractivity contribution in [1.29, 1.82) is 0 Å². The zero-order valence-electron chi connectivity index (χ0n) is 11.8. The maximum Gasteiger partial charge on any atom is 0.154 e. The van der Waals surface area contributed by atoms with E-state index >= 15 is 0 Å². The van der Waals surface area contributed by atoms with Crippen LogP contribution >= 0.6 is 11.6 Å². The van der Waals surface area contributed by atoms with Gasteiger partial charge in [0.1, 0.15) is 0 Å². The Hall–Kier alpha value is -1.39. The molecule has 0 amide bonds. The van der Waals surface area contributed by atoms with Crippen molar-refractivity contribution in [3.8, 4) is 5.82 Å². The van der Waals surface area contributed by atoms with Crippen molar-refractivity contribution in [2.24, 2.45) is 0 Å². The number of pyridine rings is 1. The first-order chi connectivity index (χ1) is 9.02. The van der Waals surface area contributed by atoms with Crippen molar-refractivity contribution in [1.82, 2.24) is 20.1 Å². The van der Waals surface area contributed by atoms with E-state index in [1.807, 2.05) is 26.8 Å². The van der Waals surface area contributed by atoms with Gasteiger partial charge in [-0.25, -0.2) is 9.67 Å². The second-order valence-electron chi connectivity index (χ2n) is 4.65. The summed E-state index contributed by atoms with van der Waals surface area (Å²) in [6, 6.07) is 4.13. The molecule has 2 heterocycles. The first kappa shape index (κ1) is 14.0. The van der Waals surface area contributed by atoms with Crippen LogP contribution in [-0.4, -0.2) is 21.3 Å². The predicted octanol–water partition coefficient (Wildman–Crippen LogP) is 2.96. The topological polar surface area (TPSA) is 42.7 Å². The number of nitrogens with one attached hydrogen (secondary N) is 1. The highest BCUT2D eigenvalue weighted by Crippen LogP contribution is 2.22. The highest BCUT2D eigenvalue weighted by molar-refractivity contribution is 6.31. The van der Waals surface area contributed by atoms with Crippen LogP contribution in [0.15, 0.2) is 12.1 Å². The summed E-state index contributed by atoms with van der Waals surface area (Å²) >= 11 is 6.19. The van der Waals surface area contributed by atoms with Gasteiger partial charge < -0.3 is 5.32 Å². The Morgan fingerprint density at radius 1 is 1.26 bits per heavy atom. The summed E-state index contributed by atoms with van der Waals surface area (Å²) in [6.45, 7) is 9.72. The fraction of sp³-hybridized carbons (Fsp3) is 0.429.